The van der Waals surface area contributed by atoms with Gasteiger partial charge in [0, 0.05) is 12.1 Å². The summed E-state index contributed by atoms with van der Waals surface area (Å²) in [5.41, 5.74) is 2.68. The van der Waals surface area contributed by atoms with Crippen molar-refractivity contribution in [1.82, 2.24) is 10.2 Å². The third kappa shape index (κ3) is 5.41. The molecule has 2 aromatic rings. The van der Waals surface area contributed by atoms with Gasteiger partial charge in [0.1, 0.15) is 12.3 Å². The van der Waals surface area contributed by atoms with E-state index < -0.39 is 12.0 Å². The molecule has 0 aliphatic carbocycles. The Labute approximate surface area is 192 Å². The number of nitrogens with one attached hydrogen (secondary N) is 1. The number of likely N-dealkylation sites (N-methyl/N-ethyl adjacent to an activating group) is 1. The number of allylic oxidation sites excluding steroid dienone is 1. The summed E-state index contributed by atoms with van der Waals surface area (Å²) in [6.07, 6.45) is 3.84. The second-order valence-electron chi connectivity index (χ2n) is 7.26. The zero-order valence-electron chi connectivity index (χ0n) is 18.6. The second-order valence-corrected chi connectivity index (χ2v) is 7.26. The quantitative estimate of drug-likeness (QED) is 0.322. The minimum atomic E-state index is -0.988. The molecule has 1 fully saturated rings. The number of benzene rings is 2. The molecule has 0 spiro atoms. The maximum absolute atomic E-state index is 12.4. The van der Waals surface area contributed by atoms with Crippen molar-refractivity contribution in [3.05, 3.63) is 77.0 Å². The lowest BCUT2D eigenvalue weighted by atomic mass is 10.0. The summed E-state index contributed by atoms with van der Waals surface area (Å²) in [4.78, 5) is 36.6. The predicted molar refractivity (Wildman–Crippen MR) is 123 cm³/mol. The molecular formula is C25H26N2O6. The van der Waals surface area contributed by atoms with Crippen LogP contribution in [-0.2, 0) is 17.8 Å². The van der Waals surface area contributed by atoms with Gasteiger partial charge in [-0.15, -0.1) is 6.58 Å². The number of imide groups is 1. The summed E-state index contributed by atoms with van der Waals surface area (Å²) < 4.78 is 11.9. The van der Waals surface area contributed by atoms with Crippen LogP contribution in [0.1, 0.15) is 40.9 Å². The number of hydrogen-bond acceptors (Lipinski definition) is 5. The molecule has 8 nitrogen and oxygen atoms in total. The van der Waals surface area contributed by atoms with Crippen LogP contribution < -0.4 is 14.8 Å². The number of rotatable bonds is 10. The van der Waals surface area contributed by atoms with Crippen LogP contribution in [0.4, 0.5) is 4.79 Å². The van der Waals surface area contributed by atoms with Crippen LogP contribution in [0.5, 0.6) is 11.5 Å². The number of nitrogens with zero attached hydrogens (tertiary/aromatic N) is 1. The van der Waals surface area contributed by atoms with Gasteiger partial charge in [0.25, 0.3) is 5.91 Å². The molecule has 0 unspecified atom stereocenters. The number of carbonyl (C=O) groups is 3. The number of ether oxygens (including phenoxy) is 2. The topological polar surface area (TPSA) is 105 Å². The molecule has 3 rings (SSSR count). The first kappa shape index (κ1) is 23.6. The van der Waals surface area contributed by atoms with Crippen molar-refractivity contribution in [3.63, 3.8) is 0 Å². The summed E-state index contributed by atoms with van der Waals surface area (Å²) in [6.45, 7) is 8.29. The number of amides is 3. The van der Waals surface area contributed by atoms with Crippen LogP contribution in [0.25, 0.3) is 6.08 Å². The van der Waals surface area contributed by atoms with E-state index in [-0.39, 0.29) is 30.3 Å². The number of hydrogen-bond donors (Lipinski definition) is 2. The minimum Gasteiger partial charge on any atom is -0.490 e. The molecule has 8 heteroatoms. The van der Waals surface area contributed by atoms with Crippen molar-refractivity contribution in [2.75, 3.05) is 13.2 Å². The fourth-order valence-corrected chi connectivity index (χ4v) is 3.43. The average Bonchev–Trinajstić information content (AvgIpc) is 3.06. The minimum absolute atomic E-state index is 0.195. The Kier molecular flexibility index (Phi) is 7.50. The van der Waals surface area contributed by atoms with Crippen LogP contribution in [-0.4, -0.2) is 41.1 Å². The lowest BCUT2D eigenvalue weighted by Crippen LogP contribution is -2.30. The molecule has 2 N–H and O–H groups in total. The standard InChI is InChI=1S/C25H26N2O6/c1-4-7-19-12-17(13-20-23(28)27(5-2)25(31)26-20)14-21(32-6-3)22(19)33-15-16-8-10-18(11-9-16)24(29)30/h4,8-14H,1,5-7,15H2,2-3H3,(H,26,31)(H,29,30)/b20-13-. The molecule has 172 valence electrons. The van der Waals surface area contributed by atoms with Crippen LogP contribution in [0.15, 0.2) is 54.8 Å². The Morgan fingerprint density at radius 2 is 1.88 bits per heavy atom. The van der Waals surface area contributed by atoms with Crippen molar-refractivity contribution < 1.29 is 29.0 Å². The molecular weight excluding hydrogens is 424 g/mol. The van der Waals surface area contributed by atoms with Crippen LogP contribution in [0.2, 0.25) is 0 Å². The molecule has 0 saturated carbocycles. The Morgan fingerprint density at radius 1 is 1.15 bits per heavy atom. The molecule has 1 aliphatic rings. The van der Waals surface area contributed by atoms with E-state index >= 15 is 0 Å². The van der Waals surface area contributed by atoms with Gasteiger partial charge in [-0.25, -0.2) is 9.59 Å². The highest BCUT2D eigenvalue weighted by atomic mass is 16.5. The van der Waals surface area contributed by atoms with E-state index in [1.54, 1.807) is 37.3 Å². The zero-order valence-corrected chi connectivity index (χ0v) is 18.6. The van der Waals surface area contributed by atoms with Gasteiger partial charge in [-0.1, -0.05) is 18.2 Å². The van der Waals surface area contributed by atoms with E-state index in [4.69, 9.17) is 14.6 Å². The third-order valence-corrected chi connectivity index (χ3v) is 4.99. The number of aromatic carboxylic acids is 1. The van der Waals surface area contributed by atoms with E-state index in [9.17, 15) is 14.4 Å². The van der Waals surface area contributed by atoms with Crippen LogP contribution in [0, 0.1) is 0 Å². The average molecular weight is 450 g/mol. The Hall–Kier alpha value is -4.07. The summed E-state index contributed by atoms with van der Waals surface area (Å²) in [7, 11) is 0. The van der Waals surface area contributed by atoms with Gasteiger partial charge in [-0.05, 0) is 61.7 Å². The summed E-state index contributed by atoms with van der Waals surface area (Å²) in [6, 6.07) is 9.61. The Bertz CT molecular complexity index is 1100. The van der Waals surface area contributed by atoms with Crippen molar-refractivity contribution in [2.45, 2.75) is 26.9 Å². The summed E-state index contributed by atoms with van der Waals surface area (Å²) in [5.74, 6) is -0.331. The monoisotopic (exact) mass is 450 g/mol. The first-order valence-electron chi connectivity index (χ1n) is 10.6. The maximum atomic E-state index is 12.4. The van der Waals surface area contributed by atoms with Crippen molar-refractivity contribution in [2.24, 2.45) is 0 Å². The number of carboxylic acid groups (broad SMARTS) is 1. The molecule has 33 heavy (non-hydrogen) atoms. The molecule has 0 aromatic heterocycles. The highest BCUT2D eigenvalue weighted by Crippen LogP contribution is 2.35. The number of urea groups is 1. The second kappa shape index (κ2) is 10.5. The van der Waals surface area contributed by atoms with Gasteiger partial charge in [0.15, 0.2) is 11.5 Å². The van der Waals surface area contributed by atoms with Gasteiger partial charge >= 0.3 is 12.0 Å². The van der Waals surface area contributed by atoms with Gasteiger partial charge < -0.3 is 19.9 Å². The molecule has 0 radical (unpaired) electrons. The SMILES string of the molecule is C=CCc1cc(/C=C2\NC(=O)N(CC)C2=O)cc(OCC)c1OCc1ccc(C(=O)O)cc1. The molecule has 1 heterocycles. The van der Waals surface area contributed by atoms with Crippen molar-refractivity contribution in [1.29, 1.82) is 0 Å². The van der Waals surface area contributed by atoms with Gasteiger partial charge in [-0.3, -0.25) is 9.69 Å². The number of carboxylic acids is 1. The highest BCUT2D eigenvalue weighted by molar-refractivity contribution is 6.13. The van der Waals surface area contributed by atoms with E-state index in [1.807, 2.05) is 13.0 Å². The third-order valence-electron chi connectivity index (χ3n) is 4.99. The Balaban J connectivity index is 1.92. The predicted octanol–water partition coefficient (Wildman–Crippen LogP) is 4.00. The molecule has 2 aromatic carbocycles. The van der Waals surface area contributed by atoms with E-state index in [1.165, 1.54) is 12.1 Å². The smallest absolute Gasteiger partial charge is 0.335 e. The lowest BCUT2D eigenvalue weighted by Gasteiger charge is -2.17. The normalized spacial score (nSPS) is 14.4. The molecule has 0 bridgehead atoms. The van der Waals surface area contributed by atoms with E-state index in [2.05, 4.69) is 11.9 Å². The van der Waals surface area contributed by atoms with E-state index in [0.29, 0.717) is 30.1 Å². The first-order valence-corrected chi connectivity index (χ1v) is 10.6. The summed E-state index contributed by atoms with van der Waals surface area (Å²) >= 11 is 0. The molecule has 0 atom stereocenters. The van der Waals surface area contributed by atoms with E-state index in [0.717, 1.165) is 16.0 Å². The molecule has 3 amide bonds. The van der Waals surface area contributed by atoms with Crippen molar-refractivity contribution >= 4 is 24.0 Å². The zero-order chi connectivity index (χ0) is 24.0. The van der Waals surface area contributed by atoms with Gasteiger partial charge in [0.05, 0.1) is 12.2 Å². The van der Waals surface area contributed by atoms with Crippen molar-refractivity contribution in [3.8, 4) is 11.5 Å². The van der Waals surface area contributed by atoms with Gasteiger partial charge in [-0.2, -0.15) is 0 Å². The molecule has 1 saturated heterocycles. The summed E-state index contributed by atoms with van der Waals surface area (Å²) in [5, 5.41) is 11.6. The fourth-order valence-electron chi connectivity index (χ4n) is 3.43. The lowest BCUT2D eigenvalue weighted by molar-refractivity contribution is -0.122. The maximum Gasteiger partial charge on any atom is 0.335 e. The fraction of sp³-hybridized carbons (Fsp3) is 0.240. The van der Waals surface area contributed by atoms with Crippen LogP contribution >= 0.6 is 0 Å². The van der Waals surface area contributed by atoms with Crippen LogP contribution in [0.3, 0.4) is 0 Å². The largest absolute Gasteiger partial charge is 0.490 e. The molecule has 1 aliphatic heterocycles. The highest BCUT2D eigenvalue weighted by Gasteiger charge is 2.32. The first-order chi connectivity index (χ1) is 15.9. The Morgan fingerprint density at radius 3 is 2.45 bits per heavy atom. The number of carbonyl (C=O) groups excluding carboxylic acids is 2. The van der Waals surface area contributed by atoms with Gasteiger partial charge in [0.2, 0.25) is 0 Å².